The van der Waals surface area contributed by atoms with Crippen molar-refractivity contribution in [3.63, 3.8) is 0 Å². The van der Waals surface area contributed by atoms with Crippen LogP contribution < -0.4 is 0 Å². The summed E-state index contributed by atoms with van der Waals surface area (Å²) >= 11 is 0. The number of ether oxygens (including phenoxy) is 2. The zero-order valence-corrected chi connectivity index (χ0v) is 18.4. The molecule has 0 N–H and O–H groups in total. The molecule has 1 aliphatic rings. The van der Waals surface area contributed by atoms with Crippen LogP contribution in [-0.2, 0) is 14.3 Å². The van der Waals surface area contributed by atoms with Gasteiger partial charge in [0.15, 0.2) is 0 Å². The largest absolute Gasteiger partial charge is 0.459 e. The lowest BCUT2D eigenvalue weighted by Crippen LogP contribution is -2.53. The van der Waals surface area contributed by atoms with E-state index in [2.05, 4.69) is 40.1 Å². The maximum Gasteiger partial charge on any atom is 0.370 e. The number of hydrogen-bond donors (Lipinski definition) is 0. The number of benzene rings is 1. The quantitative estimate of drug-likeness (QED) is 0.329. The molecule has 2 rings (SSSR count). The predicted octanol–water partition coefficient (Wildman–Crippen LogP) is 3.40. The van der Waals surface area contributed by atoms with Crippen LogP contribution in [0.25, 0.3) is 0 Å². The maximum atomic E-state index is 13.0. The summed E-state index contributed by atoms with van der Waals surface area (Å²) in [6.07, 6.45) is 3.59. The van der Waals surface area contributed by atoms with E-state index in [-0.39, 0.29) is 12.0 Å². The maximum absolute atomic E-state index is 13.0. The van der Waals surface area contributed by atoms with Crippen molar-refractivity contribution in [2.75, 3.05) is 66.6 Å². The summed E-state index contributed by atoms with van der Waals surface area (Å²) < 4.78 is 13.2. The summed E-state index contributed by atoms with van der Waals surface area (Å²) in [6, 6.07) is 9.86. The Balaban J connectivity index is 1.88. The number of nitrogens with zero attached hydrogens (tertiary/aromatic N) is 2. The summed E-state index contributed by atoms with van der Waals surface area (Å²) in [5, 5.41) is 0. The Morgan fingerprint density at radius 3 is 2.29 bits per heavy atom. The van der Waals surface area contributed by atoms with Crippen LogP contribution in [0.3, 0.4) is 0 Å². The average molecular weight is 393 g/mol. The van der Waals surface area contributed by atoms with Gasteiger partial charge in [0.05, 0.1) is 53.5 Å². The zero-order valence-electron chi connectivity index (χ0n) is 18.4. The van der Waals surface area contributed by atoms with Crippen LogP contribution in [0.15, 0.2) is 30.3 Å². The first kappa shape index (κ1) is 22.9. The number of likely N-dealkylation sites (tertiary alicyclic amines) is 1. The third-order valence-electron chi connectivity index (χ3n) is 6.57. The molecule has 28 heavy (non-hydrogen) atoms. The van der Waals surface area contributed by atoms with Gasteiger partial charge in [-0.05, 0) is 33.1 Å². The Labute approximate surface area is 171 Å². The lowest BCUT2D eigenvalue weighted by atomic mass is 9.98. The lowest BCUT2D eigenvalue weighted by Gasteiger charge is -2.42. The number of rotatable bonds is 11. The highest BCUT2D eigenvalue weighted by molar-refractivity contribution is 5.76. The Bertz CT molecular complexity index is 581. The van der Waals surface area contributed by atoms with Gasteiger partial charge in [0.25, 0.3) is 0 Å². The van der Waals surface area contributed by atoms with Crippen LogP contribution in [0.2, 0.25) is 0 Å². The molecule has 5 heteroatoms. The molecule has 0 aliphatic carbocycles. The monoisotopic (exact) mass is 392 g/mol. The van der Waals surface area contributed by atoms with Crippen molar-refractivity contribution in [2.24, 2.45) is 0 Å². The molecule has 0 saturated carbocycles. The van der Waals surface area contributed by atoms with E-state index in [1.165, 1.54) is 19.3 Å². The first-order valence-corrected chi connectivity index (χ1v) is 10.9. The number of likely N-dealkylation sites (N-methyl/N-ethyl adjacent to an activating group) is 2. The Morgan fingerprint density at radius 2 is 1.68 bits per heavy atom. The minimum atomic E-state index is -0.248. The second-order valence-corrected chi connectivity index (χ2v) is 8.56. The highest BCUT2D eigenvalue weighted by atomic mass is 16.6. The summed E-state index contributed by atoms with van der Waals surface area (Å²) in [5.74, 6) is -0.123. The molecule has 1 aliphatic heterocycles. The van der Waals surface area contributed by atoms with Gasteiger partial charge in [-0.15, -0.1) is 0 Å². The molecule has 1 heterocycles. The summed E-state index contributed by atoms with van der Waals surface area (Å²) in [5.41, 5.74) is 1.05. The van der Waals surface area contributed by atoms with Crippen LogP contribution >= 0.6 is 0 Å². The highest BCUT2D eigenvalue weighted by Crippen LogP contribution is 2.32. The fraction of sp³-hybridized carbons (Fsp3) is 0.696. The Kier molecular flexibility index (Phi) is 8.93. The summed E-state index contributed by atoms with van der Waals surface area (Å²) in [4.78, 5) is 13.0. The molecule has 158 valence electrons. The molecular weight excluding hydrogens is 352 g/mol. The van der Waals surface area contributed by atoms with Crippen molar-refractivity contribution in [1.29, 1.82) is 0 Å². The van der Waals surface area contributed by atoms with Gasteiger partial charge in [-0.1, -0.05) is 30.3 Å². The molecular formula is C23H40N2O3+2. The minimum absolute atomic E-state index is 0.123. The van der Waals surface area contributed by atoms with Gasteiger partial charge in [-0.25, -0.2) is 4.79 Å². The van der Waals surface area contributed by atoms with E-state index in [1.54, 1.807) is 0 Å². The Morgan fingerprint density at radius 1 is 1.04 bits per heavy atom. The number of piperidine rings is 1. The van der Waals surface area contributed by atoms with Gasteiger partial charge >= 0.3 is 5.97 Å². The van der Waals surface area contributed by atoms with E-state index in [1.807, 2.05) is 18.2 Å². The standard InChI is InChI=1S/C23H40N2O3/c1-5-24(3,6-2)17-18-27-19-20-28-23(26)22(21-13-9-7-10-14-21)25(4)15-11-8-12-16-25/h7,9-10,13-14,22H,5-6,8,11-12,15-20H2,1-4H3/q+2. The first-order chi connectivity index (χ1) is 13.4. The predicted molar refractivity (Wildman–Crippen MR) is 113 cm³/mol. The second-order valence-electron chi connectivity index (χ2n) is 8.56. The van der Waals surface area contributed by atoms with E-state index in [9.17, 15) is 4.79 Å². The number of hydrogen-bond acceptors (Lipinski definition) is 3. The van der Waals surface area contributed by atoms with E-state index in [0.29, 0.717) is 19.8 Å². The van der Waals surface area contributed by atoms with Crippen LogP contribution in [0, 0.1) is 0 Å². The average Bonchev–Trinajstić information content (AvgIpc) is 2.71. The highest BCUT2D eigenvalue weighted by Gasteiger charge is 2.41. The molecule has 1 fully saturated rings. The van der Waals surface area contributed by atoms with Crippen molar-refractivity contribution in [1.82, 2.24) is 0 Å². The Hall–Kier alpha value is -1.43. The van der Waals surface area contributed by atoms with Gasteiger partial charge in [0.2, 0.25) is 6.04 Å². The molecule has 0 radical (unpaired) electrons. The molecule has 0 spiro atoms. The van der Waals surface area contributed by atoms with Crippen molar-refractivity contribution in [3.8, 4) is 0 Å². The van der Waals surface area contributed by atoms with Crippen molar-refractivity contribution < 1.29 is 23.2 Å². The second kappa shape index (κ2) is 10.9. The molecule has 0 bridgehead atoms. The lowest BCUT2D eigenvalue weighted by molar-refractivity contribution is -0.935. The van der Waals surface area contributed by atoms with Gasteiger partial charge in [0, 0.05) is 5.56 Å². The topological polar surface area (TPSA) is 35.5 Å². The zero-order chi connectivity index (χ0) is 20.5. The van der Waals surface area contributed by atoms with E-state index < -0.39 is 0 Å². The molecule has 1 unspecified atom stereocenters. The number of quaternary nitrogens is 2. The number of carbonyl (C=O) groups is 1. The molecule has 1 aromatic rings. The number of carbonyl (C=O) groups excluding carboxylic acids is 1. The van der Waals surface area contributed by atoms with Gasteiger partial charge < -0.3 is 18.4 Å². The SMILES string of the molecule is CC[N+](C)(CC)CCOCCOC(=O)C(c1ccccc1)[N+]1(C)CCCCC1. The van der Waals surface area contributed by atoms with Gasteiger partial charge in [-0.2, -0.15) is 0 Å². The third-order valence-corrected chi connectivity index (χ3v) is 6.57. The van der Waals surface area contributed by atoms with Crippen LogP contribution in [0.1, 0.15) is 44.7 Å². The molecule has 1 atom stereocenters. The van der Waals surface area contributed by atoms with Crippen LogP contribution in [-0.4, -0.2) is 81.6 Å². The smallest absolute Gasteiger partial charge is 0.370 e. The van der Waals surface area contributed by atoms with E-state index >= 15 is 0 Å². The van der Waals surface area contributed by atoms with Crippen molar-refractivity contribution >= 4 is 5.97 Å². The molecule has 1 saturated heterocycles. The minimum Gasteiger partial charge on any atom is -0.459 e. The molecule has 0 amide bonds. The summed E-state index contributed by atoms with van der Waals surface area (Å²) in [7, 11) is 4.44. The molecule has 5 nitrogen and oxygen atoms in total. The molecule has 0 aromatic heterocycles. The van der Waals surface area contributed by atoms with Crippen molar-refractivity contribution in [2.45, 2.75) is 39.2 Å². The molecule has 1 aromatic carbocycles. The van der Waals surface area contributed by atoms with Gasteiger partial charge in [0.1, 0.15) is 13.2 Å². The van der Waals surface area contributed by atoms with E-state index in [4.69, 9.17) is 9.47 Å². The van der Waals surface area contributed by atoms with Crippen LogP contribution in [0.5, 0.6) is 0 Å². The number of esters is 1. The third kappa shape index (κ3) is 6.29. The van der Waals surface area contributed by atoms with Gasteiger partial charge in [-0.3, -0.25) is 0 Å². The normalized spacial score (nSPS) is 17.9. The summed E-state index contributed by atoms with van der Waals surface area (Å²) in [6.45, 7) is 11.1. The fourth-order valence-corrected chi connectivity index (χ4v) is 4.09. The van der Waals surface area contributed by atoms with Crippen molar-refractivity contribution in [3.05, 3.63) is 35.9 Å². The first-order valence-electron chi connectivity index (χ1n) is 10.9. The van der Waals surface area contributed by atoms with E-state index in [0.717, 1.165) is 47.3 Å². The van der Waals surface area contributed by atoms with Crippen LogP contribution in [0.4, 0.5) is 0 Å². The fourth-order valence-electron chi connectivity index (χ4n) is 4.09.